The fraction of sp³-hybridized carbons (Fsp3) is 0.164. The number of hydrogen-bond acceptors (Lipinski definition) is 2. The maximum Gasteiger partial charge on any atom is 0.117 e. The summed E-state index contributed by atoms with van der Waals surface area (Å²) in [6.45, 7) is 14.8. The van der Waals surface area contributed by atoms with E-state index < -0.39 is 16.1 Å². The largest absolute Gasteiger partial charge is 0.311 e. The minimum Gasteiger partial charge on any atom is -0.311 e. The number of fused-ring (bicyclic) bond motifs is 7. The van der Waals surface area contributed by atoms with E-state index in [4.69, 9.17) is 0 Å². The van der Waals surface area contributed by atoms with Gasteiger partial charge in [-0.2, -0.15) is 0 Å². The van der Waals surface area contributed by atoms with Crippen LogP contribution in [0.5, 0.6) is 0 Å². The molecular weight excluding hydrogens is 745 g/mol. The van der Waals surface area contributed by atoms with Gasteiger partial charge in [0, 0.05) is 39.5 Å². The van der Waals surface area contributed by atoms with Gasteiger partial charge in [0.1, 0.15) is 16.1 Å². The number of para-hydroxylation sites is 3. The summed E-state index contributed by atoms with van der Waals surface area (Å²) in [5.41, 5.74) is 15.6. The molecule has 59 heavy (non-hydrogen) atoms. The van der Waals surface area contributed by atoms with Crippen molar-refractivity contribution in [2.24, 2.45) is 0 Å². The summed E-state index contributed by atoms with van der Waals surface area (Å²) in [7, 11) is -3.57. The Morgan fingerprint density at radius 2 is 1.02 bits per heavy atom. The topological polar surface area (TPSA) is 6.48 Å². The van der Waals surface area contributed by atoms with Crippen LogP contribution in [0.1, 0.15) is 48.9 Å². The predicted octanol–water partition coefficient (Wildman–Crippen LogP) is 13.1. The zero-order valence-electron chi connectivity index (χ0n) is 35.0. The highest BCUT2D eigenvalue weighted by Gasteiger charge is 2.42. The molecule has 7 aromatic rings. The first kappa shape index (κ1) is 36.2. The maximum atomic E-state index is 2.53. The number of nitrogens with zero attached hydrogens (tertiary/aromatic N) is 2. The third-order valence-corrected chi connectivity index (χ3v) is 21.4. The van der Waals surface area contributed by atoms with E-state index in [9.17, 15) is 0 Å². The van der Waals surface area contributed by atoms with Gasteiger partial charge in [-0.3, -0.25) is 0 Å². The van der Waals surface area contributed by atoms with Crippen LogP contribution < -0.4 is 25.4 Å². The van der Waals surface area contributed by atoms with Gasteiger partial charge in [0.25, 0.3) is 0 Å². The lowest BCUT2D eigenvalue weighted by Gasteiger charge is -2.43. The fourth-order valence-electron chi connectivity index (χ4n) is 10.9. The zero-order valence-corrected chi connectivity index (χ0v) is 37.0. The van der Waals surface area contributed by atoms with E-state index in [1.54, 1.807) is 10.4 Å². The second kappa shape index (κ2) is 13.0. The minimum atomic E-state index is -1.84. The Morgan fingerprint density at radius 1 is 0.508 bits per heavy atom. The quantitative estimate of drug-likeness (QED) is 0.129. The van der Waals surface area contributed by atoms with Crippen LogP contribution >= 0.6 is 0 Å². The number of anilines is 5. The van der Waals surface area contributed by atoms with E-state index >= 15 is 0 Å². The summed E-state index contributed by atoms with van der Waals surface area (Å²) in [6.07, 6.45) is 11.6. The number of hydrogen-bond donors (Lipinski definition) is 0. The molecule has 0 saturated heterocycles. The molecule has 0 radical (unpaired) electrons. The Morgan fingerprint density at radius 3 is 1.71 bits per heavy atom. The molecule has 0 saturated carbocycles. The molecule has 0 atom stereocenters. The molecule has 2 aliphatic carbocycles. The van der Waals surface area contributed by atoms with Gasteiger partial charge in [-0.15, -0.1) is 0 Å². The molecule has 0 unspecified atom stereocenters. The fourth-order valence-corrected chi connectivity index (χ4v) is 17.1. The molecule has 2 aliphatic heterocycles. The third-order valence-electron chi connectivity index (χ3n) is 14.1. The Bertz CT molecular complexity index is 2950. The summed E-state index contributed by atoms with van der Waals surface area (Å²) >= 11 is 0. The highest BCUT2D eigenvalue weighted by atomic mass is 28.3. The number of benzene rings is 7. The average Bonchev–Trinajstić information content (AvgIpc) is 3.48. The molecule has 0 bridgehead atoms. The first-order chi connectivity index (χ1) is 28.5. The van der Waals surface area contributed by atoms with Crippen molar-refractivity contribution in [3.63, 3.8) is 0 Å². The average molecular weight is 795 g/mol. The summed E-state index contributed by atoms with van der Waals surface area (Å²) in [5.74, 6) is 0. The third kappa shape index (κ3) is 5.42. The van der Waals surface area contributed by atoms with E-state index in [0.29, 0.717) is 0 Å². The second-order valence-electron chi connectivity index (χ2n) is 18.6. The highest BCUT2D eigenvalue weighted by Crippen LogP contribution is 2.51. The van der Waals surface area contributed by atoms with Crippen molar-refractivity contribution in [3.05, 3.63) is 191 Å². The monoisotopic (exact) mass is 794 g/mol. The Balaban J connectivity index is 0.892. The van der Waals surface area contributed by atoms with Crippen LogP contribution in [0.2, 0.25) is 26.2 Å². The molecule has 0 N–H and O–H groups in total. The smallest absolute Gasteiger partial charge is 0.117 e. The van der Waals surface area contributed by atoms with Gasteiger partial charge in [-0.1, -0.05) is 161 Å². The second-order valence-corrected chi connectivity index (χ2v) is 27.3. The van der Waals surface area contributed by atoms with Gasteiger partial charge in [0.2, 0.25) is 0 Å². The molecule has 2 heterocycles. The van der Waals surface area contributed by atoms with Crippen molar-refractivity contribution in [3.8, 4) is 11.1 Å². The summed E-state index contributed by atoms with van der Waals surface area (Å²) in [6, 6.07) is 55.4. The maximum absolute atomic E-state index is 2.53. The molecular formula is C55H50N2Si2. The molecule has 0 fully saturated rings. The van der Waals surface area contributed by atoms with Crippen molar-refractivity contribution in [2.45, 2.75) is 58.3 Å². The van der Waals surface area contributed by atoms with Crippen LogP contribution in [0.15, 0.2) is 169 Å². The van der Waals surface area contributed by atoms with Crippen molar-refractivity contribution in [1.29, 1.82) is 0 Å². The number of allylic oxidation sites excluding steroid dienone is 3. The van der Waals surface area contributed by atoms with Crippen molar-refractivity contribution < 1.29 is 0 Å². The molecule has 11 rings (SSSR count). The lowest BCUT2D eigenvalue weighted by molar-refractivity contribution is 0.660. The van der Waals surface area contributed by atoms with Crippen LogP contribution in [0.4, 0.5) is 28.4 Å². The molecule has 7 aromatic carbocycles. The lowest BCUT2D eigenvalue weighted by Crippen LogP contribution is -2.58. The molecule has 0 spiro atoms. The molecule has 4 aliphatic rings. The van der Waals surface area contributed by atoms with Crippen LogP contribution in [-0.4, -0.2) is 16.1 Å². The van der Waals surface area contributed by atoms with E-state index in [0.717, 1.165) is 12.8 Å². The summed E-state index contributed by atoms with van der Waals surface area (Å²) in [5, 5.41) is 8.73. The Labute approximate surface area is 351 Å². The molecule has 4 heteroatoms. The first-order valence-corrected chi connectivity index (χ1v) is 27.3. The van der Waals surface area contributed by atoms with Crippen molar-refractivity contribution in [2.75, 3.05) is 9.80 Å². The van der Waals surface area contributed by atoms with Gasteiger partial charge in [-0.05, 0) is 127 Å². The molecule has 288 valence electrons. The van der Waals surface area contributed by atoms with Gasteiger partial charge < -0.3 is 9.80 Å². The molecule has 0 aromatic heterocycles. The number of rotatable bonds is 4. The normalized spacial score (nSPS) is 17.7. The standard InChI is InChI=1S/C55H50N2Si2/c1-55(2)45-34-38(26-31-43(45)44-32-30-42(36-46(44)55)57-49-17-9-13-21-53(49)59(5,6)54-22-14-10-18-50(54)57)24-23-37-25-27-40-35-41(29-28-39(40)33-37)56-47-15-7-11-19-51(47)58(3,4)52-20-12-8-16-48(52)56/h7-11,13-19,21-36H,12,20H2,1-6H3. The summed E-state index contributed by atoms with van der Waals surface area (Å²) in [4.78, 5) is 5.03. The zero-order chi connectivity index (χ0) is 40.3. The van der Waals surface area contributed by atoms with Crippen LogP contribution in [0, 0.1) is 0 Å². The van der Waals surface area contributed by atoms with Gasteiger partial charge in [0.15, 0.2) is 0 Å². The van der Waals surface area contributed by atoms with Gasteiger partial charge in [-0.25, -0.2) is 0 Å². The van der Waals surface area contributed by atoms with E-state index in [-0.39, 0.29) is 5.41 Å². The Hall–Kier alpha value is -5.95. The molecule has 0 amide bonds. The summed E-state index contributed by atoms with van der Waals surface area (Å²) < 4.78 is 0. The lowest BCUT2D eigenvalue weighted by atomic mass is 9.81. The van der Waals surface area contributed by atoms with E-state index in [1.807, 2.05) is 0 Å². The van der Waals surface area contributed by atoms with Crippen LogP contribution in [-0.2, 0) is 5.41 Å². The van der Waals surface area contributed by atoms with Gasteiger partial charge >= 0.3 is 0 Å². The van der Waals surface area contributed by atoms with E-state index in [2.05, 4.69) is 220 Å². The van der Waals surface area contributed by atoms with Crippen LogP contribution in [0.3, 0.4) is 0 Å². The van der Waals surface area contributed by atoms with Crippen LogP contribution in [0.25, 0.3) is 34.1 Å². The van der Waals surface area contributed by atoms with Crippen molar-refractivity contribution in [1.82, 2.24) is 0 Å². The Kier molecular flexibility index (Phi) is 7.98. The van der Waals surface area contributed by atoms with Crippen molar-refractivity contribution >= 4 is 83.1 Å². The highest BCUT2D eigenvalue weighted by molar-refractivity contribution is 7.02. The predicted molar refractivity (Wildman–Crippen MR) is 259 cm³/mol. The van der Waals surface area contributed by atoms with E-state index in [1.165, 1.54) is 88.7 Å². The van der Waals surface area contributed by atoms with Gasteiger partial charge in [0.05, 0.1) is 0 Å². The first-order valence-electron chi connectivity index (χ1n) is 21.3. The minimum absolute atomic E-state index is 0.134. The SMILES string of the molecule is CC1(C)c2cc(C=Cc3ccc4cc(N5C6=C(CCC=C6)[Si](C)(C)c6ccccc65)ccc4c3)ccc2-c2ccc(N3c4ccccc4[Si](C)(C)c4ccccc43)cc21. The molecule has 2 nitrogen and oxygen atoms in total.